The van der Waals surface area contributed by atoms with Gasteiger partial charge in [0.15, 0.2) is 0 Å². The van der Waals surface area contributed by atoms with Crippen molar-refractivity contribution in [2.24, 2.45) is 5.16 Å². The molecular formula is C13H22N2O. The molecule has 3 heteroatoms. The molecule has 0 unspecified atom stereocenters. The van der Waals surface area contributed by atoms with Gasteiger partial charge in [-0.1, -0.05) is 49.3 Å². The second-order valence-electron chi connectivity index (χ2n) is 3.09. The molecule has 0 aliphatic heterocycles. The van der Waals surface area contributed by atoms with Crippen molar-refractivity contribution in [1.82, 2.24) is 5.32 Å². The molecule has 0 heterocycles. The third-order valence-corrected chi connectivity index (χ3v) is 1.89. The van der Waals surface area contributed by atoms with Crippen molar-refractivity contribution in [3.8, 4) is 0 Å². The Labute approximate surface area is 98.5 Å². The van der Waals surface area contributed by atoms with Gasteiger partial charge in [-0.2, -0.15) is 0 Å². The number of benzene rings is 1. The summed E-state index contributed by atoms with van der Waals surface area (Å²) in [4.78, 5) is 5.12. The van der Waals surface area contributed by atoms with E-state index in [1.807, 2.05) is 58.2 Å². The summed E-state index contributed by atoms with van der Waals surface area (Å²) in [7, 11) is 1.88. The van der Waals surface area contributed by atoms with E-state index in [-0.39, 0.29) is 6.04 Å². The molecular weight excluding hydrogens is 200 g/mol. The maximum absolute atomic E-state index is 5.12. The summed E-state index contributed by atoms with van der Waals surface area (Å²) in [6, 6.07) is 10.2. The highest BCUT2D eigenvalue weighted by Gasteiger charge is 1.91. The Hall–Kier alpha value is -1.35. The SMILES string of the molecule is CC.CN[C@@H](C)/C=N/OCc1ccccc1. The van der Waals surface area contributed by atoms with Crippen LogP contribution < -0.4 is 5.32 Å². The third kappa shape index (κ3) is 7.01. The summed E-state index contributed by atoms with van der Waals surface area (Å²) in [5.74, 6) is 0. The van der Waals surface area contributed by atoms with Gasteiger partial charge in [-0.15, -0.1) is 0 Å². The van der Waals surface area contributed by atoms with Crippen LogP contribution in [-0.2, 0) is 11.4 Å². The first-order chi connectivity index (χ1) is 7.83. The molecule has 1 aromatic rings. The van der Waals surface area contributed by atoms with Crippen molar-refractivity contribution in [3.05, 3.63) is 35.9 Å². The Morgan fingerprint density at radius 3 is 2.50 bits per heavy atom. The first-order valence-corrected chi connectivity index (χ1v) is 5.69. The molecule has 0 aromatic heterocycles. The molecule has 0 saturated heterocycles. The van der Waals surface area contributed by atoms with E-state index < -0.39 is 0 Å². The van der Waals surface area contributed by atoms with Gasteiger partial charge in [0.25, 0.3) is 0 Å². The molecule has 0 fully saturated rings. The Kier molecular flexibility index (Phi) is 9.32. The first kappa shape index (κ1) is 14.6. The fourth-order valence-electron chi connectivity index (χ4n) is 0.895. The normalized spacial score (nSPS) is 11.8. The molecule has 0 aliphatic rings. The number of oxime groups is 1. The van der Waals surface area contributed by atoms with Gasteiger partial charge >= 0.3 is 0 Å². The Morgan fingerprint density at radius 1 is 1.31 bits per heavy atom. The number of hydrogen-bond donors (Lipinski definition) is 1. The molecule has 1 rings (SSSR count). The minimum absolute atomic E-state index is 0.241. The lowest BCUT2D eigenvalue weighted by Gasteiger charge is -2.02. The maximum atomic E-state index is 5.12. The number of nitrogens with zero attached hydrogens (tertiary/aromatic N) is 1. The smallest absolute Gasteiger partial charge is 0.142 e. The molecule has 0 amide bonds. The average molecular weight is 222 g/mol. The van der Waals surface area contributed by atoms with Gasteiger partial charge in [0.2, 0.25) is 0 Å². The van der Waals surface area contributed by atoms with Crippen LogP contribution in [0.1, 0.15) is 26.3 Å². The zero-order valence-corrected chi connectivity index (χ0v) is 10.6. The maximum Gasteiger partial charge on any atom is 0.142 e. The van der Waals surface area contributed by atoms with E-state index in [0.29, 0.717) is 6.61 Å². The summed E-state index contributed by atoms with van der Waals surface area (Å²) in [5.41, 5.74) is 1.13. The fourth-order valence-corrected chi connectivity index (χ4v) is 0.895. The lowest BCUT2D eigenvalue weighted by molar-refractivity contribution is 0.131. The Bertz CT molecular complexity index is 273. The fraction of sp³-hybridized carbons (Fsp3) is 0.462. The molecule has 0 aliphatic carbocycles. The van der Waals surface area contributed by atoms with Crippen LogP contribution in [0, 0.1) is 0 Å². The van der Waals surface area contributed by atoms with Crippen molar-refractivity contribution in [2.75, 3.05) is 7.05 Å². The van der Waals surface area contributed by atoms with Gasteiger partial charge in [0.05, 0.1) is 6.21 Å². The Morgan fingerprint density at radius 2 is 1.94 bits per heavy atom. The van der Waals surface area contributed by atoms with Crippen LogP contribution in [0.5, 0.6) is 0 Å². The summed E-state index contributed by atoms with van der Waals surface area (Å²) in [6.07, 6.45) is 1.74. The highest BCUT2D eigenvalue weighted by Crippen LogP contribution is 1.99. The molecule has 90 valence electrons. The van der Waals surface area contributed by atoms with Crippen LogP contribution in [0.15, 0.2) is 35.5 Å². The Balaban J connectivity index is 0.00000106. The molecule has 0 radical (unpaired) electrons. The number of rotatable bonds is 5. The van der Waals surface area contributed by atoms with Crippen molar-refractivity contribution in [3.63, 3.8) is 0 Å². The molecule has 1 aromatic carbocycles. The second-order valence-corrected chi connectivity index (χ2v) is 3.09. The van der Waals surface area contributed by atoms with E-state index in [9.17, 15) is 0 Å². The predicted molar refractivity (Wildman–Crippen MR) is 69.6 cm³/mol. The predicted octanol–water partition coefficient (Wildman–Crippen LogP) is 2.82. The minimum atomic E-state index is 0.241. The third-order valence-electron chi connectivity index (χ3n) is 1.89. The summed E-state index contributed by atoms with van der Waals surface area (Å²) in [6.45, 7) is 6.53. The van der Waals surface area contributed by atoms with Gasteiger partial charge in [0.1, 0.15) is 6.61 Å². The van der Waals surface area contributed by atoms with Crippen molar-refractivity contribution in [2.45, 2.75) is 33.4 Å². The van der Waals surface area contributed by atoms with Gasteiger partial charge in [-0.3, -0.25) is 0 Å². The molecule has 0 saturated carbocycles. The van der Waals surface area contributed by atoms with Crippen LogP contribution in [0.2, 0.25) is 0 Å². The average Bonchev–Trinajstić information content (AvgIpc) is 2.38. The van der Waals surface area contributed by atoms with E-state index in [1.165, 1.54) is 0 Å². The van der Waals surface area contributed by atoms with Gasteiger partial charge < -0.3 is 10.2 Å². The number of nitrogens with one attached hydrogen (secondary N) is 1. The molecule has 0 spiro atoms. The lowest BCUT2D eigenvalue weighted by atomic mass is 10.2. The molecule has 1 N–H and O–H groups in total. The topological polar surface area (TPSA) is 33.6 Å². The zero-order chi connectivity index (χ0) is 12.2. The molecule has 3 nitrogen and oxygen atoms in total. The standard InChI is InChI=1S/C11H16N2O.C2H6/c1-10(12-2)8-13-14-9-11-6-4-3-5-7-11;1-2/h3-8,10,12H,9H2,1-2H3;1-2H3/b13-8+;/t10-;/m0./s1. The minimum Gasteiger partial charge on any atom is -0.391 e. The van der Waals surface area contributed by atoms with E-state index in [2.05, 4.69) is 10.5 Å². The molecule has 1 atom stereocenters. The van der Waals surface area contributed by atoms with E-state index in [1.54, 1.807) is 6.21 Å². The van der Waals surface area contributed by atoms with Gasteiger partial charge in [0, 0.05) is 6.04 Å². The van der Waals surface area contributed by atoms with Crippen LogP contribution in [0.3, 0.4) is 0 Å². The van der Waals surface area contributed by atoms with Crippen LogP contribution in [0.25, 0.3) is 0 Å². The largest absolute Gasteiger partial charge is 0.391 e. The summed E-state index contributed by atoms with van der Waals surface area (Å²) in [5, 5.41) is 6.88. The van der Waals surface area contributed by atoms with Crippen LogP contribution in [0.4, 0.5) is 0 Å². The quantitative estimate of drug-likeness (QED) is 0.614. The highest BCUT2D eigenvalue weighted by atomic mass is 16.6. The zero-order valence-electron chi connectivity index (χ0n) is 10.6. The summed E-state index contributed by atoms with van der Waals surface area (Å²) >= 11 is 0. The second kappa shape index (κ2) is 10.2. The highest BCUT2D eigenvalue weighted by molar-refractivity contribution is 5.62. The van der Waals surface area contributed by atoms with Gasteiger partial charge in [-0.05, 0) is 19.5 Å². The monoisotopic (exact) mass is 222 g/mol. The van der Waals surface area contributed by atoms with Crippen LogP contribution >= 0.6 is 0 Å². The van der Waals surface area contributed by atoms with Crippen molar-refractivity contribution >= 4 is 6.21 Å². The lowest BCUT2D eigenvalue weighted by Crippen LogP contribution is -2.22. The molecule has 0 bridgehead atoms. The van der Waals surface area contributed by atoms with E-state index >= 15 is 0 Å². The first-order valence-electron chi connectivity index (χ1n) is 5.69. The van der Waals surface area contributed by atoms with Crippen molar-refractivity contribution < 1.29 is 4.84 Å². The number of hydrogen-bond acceptors (Lipinski definition) is 3. The summed E-state index contributed by atoms with van der Waals surface area (Å²) < 4.78 is 0. The van der Waals surface area contributed by atoms with Gasteiger partial charge in [-0.25, -0.2) is 0 Å². The van der Waals surface area contributed by atoms with E-state index in [0.717, 1.165) is 5.56 Å². The van der Waals surface area contributed by atoms with Crippen LogP contribution in [-0.4, -0.2) is 19.3 Å². The van der Waals surface area contributed by atoms with Crippen molar-refractivity contribution in [1.29, 1.82) is 0 Å². The molecule has 16 heavy (non-hydrogen) atoms. The van der Waals surface area contributed by atoms with E-state index in [4.69, 9.17) is 4.84 Å².